The molecule has 1 aliphatic carbocycles. The third kappa shape index (κ3) is 2.74. The first kappa shape index (κ1) is 13.0. The maximum Gasteiger partial charge on any atom is 0.239 e. The summed E-state index contributed by atoms with van der Waals surface area (Å²) in [5.74, 6) is 1.06. The molecule has 0 aromatic carbocycles. The topological polar surface area (TPSA) is 72.9 Å². The van der Waals surface area contributed by atoms with Gasteiger partial charge in [-0.3, -0.25) is 9.48 Å². The standard InChI is InChI=1S/C10H16N4O.ClH/c1-2-14-8(7-3-4-7)5-9(13-14)12-10(15)6-11;/h5,7H,2-4,6,11H2,1H3,(H,12,13,15);1H. The zero-order valence-electron chi connectivity index (χ0n) is 9.27. The lowest BCUT2D eigenvalue weighted by Gasteiger charge is -2.00. The molecule has 1 aromatic rings. The second-order valence-corrected chi connectivity index (χ2v) is 3.80. The molecule has 90 valence electrons. The molecule has 1 saturated carbocycles. The maximum absolute atomic E-state index is 11.1. The van der Waals surface area contributed by atoms with E-state index in [9.17, 15) is 4.79 Å². The van der Waals surface area contributed by atoms with Gasteiger partial charge in [-0.1, -0.05) is 0 Å². The molecule has 0 bridgehead atoms. The molecule has 16 heavy (non-hydrogen) atoms. The number of hydrogen-bond donors (Lipinski definition) is 2. The van der Waals surface area contributed by atoms with Crippen LogP contribution >= 0.6 is 12.4 Å². The van der Waals surface area contributed by atoms with Gasteiger partial charge in [0.15, 0.2) is 5.82 Å². The summed E-state index contributed by atoms with van der Waals surface area (Å²) < 4.78 is 1.95. The minimum atomic E-state index is -0.196. The molecule has 3 N–H and O–H groups in total. The van der Waals surface area contributed by atoms with E-state index in [0.29, 0.717) is 11.7 Å². The Morgan fingerprint density at radius 2 is 2.38 bits per heavy atom. The summed E-state index contributed by atoms with van der Waals surface area (Å²) in [6, 6.07) is 1.95. The number of nitrogens with one attached hydrogen (secondary N) is 1. The number of carbonyl (C=O) groups is 1. The van der Waals surface area contributed by atoms with Crippen LogP contribution < -0.4 is 11.1 Å². The summed E-state index contributed by atoms with van der Waals surface area (Å²) >= 11 is 0. The Kier molecular flexibility index (Phi) is 4.32. The van der Waals surface area contributed by atoms with Crippen molar-refractivity contribution in [1.82, 2.24) is 9.78 Å². The Hall–Kier alpha value is -1.07. The average Bonchev–Trinajstić information content (AvgIpc) is 3.00. The van der Waals surface area contributed by atoms with Gasteiger partial charge in [0.1, 0.15) is 0 Å². The molecule has 0 unspecified atom stereocenters. The molecular formula is C10H17ClN4O. The monoisotopic (exact) mass is 244 g/mol. The second-order valence-electron chi connectivity index (χ2n) is 3.80. The quantitative estimate of drug-likeness (QED) is 0.833. The maximum atomic E-state index is 11.1. The number of hydrogen-bond acceptors (Lipinski definition) is 3. The van der Waals surface area contributed by atoms with Crippen molar-refractivity contribution in [2.75, 3.05) is 11.9 Å². The van der Waals surface area contributed by atoms with Gasteiger partial charge in [0.05, 0.1) is 6.54 Å². The van der Waals surface area contributed by atoms with Crippen LogP contribution in [0.25, 0.3) is 0 Å². The summed E-state index contributed by atoms with van der Waals surface area (Å²) in [5, 5.41) is 6.98. The lowest BCUT2D eigenvalue weighted by Crippen LogP contribution is -2.22. The highest BCUT2D eigenvalue weighted by atomic mass is 35.5. The number of halogens is 1. The summed E-state index contributed by atoms with van der Waals surface area (Å²) in [7, 11) is 0. The van der Waals surface area contributed by atoms with E-state index in [0.717, 1.165) is 6.54 Å². The van der Waals surface area contributed by atoms with Gasteiger partial charge in [0, 0.05) is 24.2 Å². The number of carbonyl (C=O) groups excluding carboxylic acids is 1. The molecule has 2 rings (SSSR count). The van der Waals surface area contributed by atoms with Gasteiger partial charge in [-0.2, -0.15) is 5.10 Å². The van der Waals surface area contributed by atoms with E-state index in [1.165, 1.54) is 18.5 Å². The smallest absolute Gasteiger partial charge is 0.239 e. The first-order chi connectivity index (χ1) is 7.24. The number of anilines is 1. The van der Waals surface area contributed by atoms with Gasteiger partial charge in [-0.25, -0.2) is 0 Å². The molecule has 1 aromatic heterocycles. The van der Waals surface area contributed by atoms with Crippen molar-refractivity contribution < 1.29 is 4.79 Å². The molecule has 0 spiro atoms. The highest BCUT2D eigenvalue weighted by Gasteiger charge is 2.27. The molecule has 1 amide bonds. The third-order valence-electron chi connectivity index (χ3n) is 2.56. The molecule has 6 heteroatoms. The van der Waals surface area contributed by atoms with Crippen LogP contribution in [0.5, 0.6) is 0 Å². The normalized spacial score (nSPS) is 14.4. The lowest BCUT2D eigenvalue weighted by atomic mass is 10.3. The predicted octanol–water partition coefficient (Wildman–Crippen LogP) is 1.10. The van der Waals surface area contributed by atoms with Crippen molar-refractivity contribution in [3.8, 4) is 0 Å². The van der Waals surface area contributed by atoms with E-state index >= 15 is 0 Å². The fourth-order valence-corrected chi connectivity index (χ4v) is 1.65. The Bertz CT molecular complexity index is 373. The van der Waals surface area contributed by atoms with Crippen LogP contribution in [-0.2, 0) is 11.3 Å². The Morgan fingerprint density at radius 1 is 1.69 bits per heavy atom. The Labute approximate surface area is 101 Å². The zero-order chi connectivity index (χ0) is 10.8. The van der Waals surface area contributed by atoms with Crippen molar-refractivity contribution in [2.24, 2.45) is 5.73 Å². The van der Waals surface area contributed by atoms with Crippen LogP contribution in [0.3, 0.4) is 0 Å². The van der Waals surface area contributed by atoms with Gasteiger partial charge in [0.2, 0.25) is 5.91 Å². The number of nitrogens with zero attached hydrogens (tertiary/aromatic N) is 2. The van der Waals surface area contributed by atoms with Crippen molar-refractivity contribution >= 4 is 24.1 Å². The number of aryl methyl sites for hydroxylation is 1. The van der Waals surface area contributed by atoms with Crippen LogP contribution in [-0.4, -0.2) is 22.2 Å². The van der Waals surface area contributed by atoms with Crippen LogP contribution in [0.2, 0.25) is 0 Å². The summed E-state index contributed by atoms with van der Waals surface area (Å²) in [4.78, 5) is 11.1. The highest BCUT2D eigenvalue weighted by Crippen LogP contribution is 2.40. The molecular weight excluding hydrogens is 228 g/mol. The van der Waals surface area contributed by atoms with E-state index < -0.39 is 0 Å². The summed E-state index contributed by atoms with van der Waals surface area (Å²) in [6.07, 6.45) is 2.46. The molecule has 0 atom stereocenters. The summed E-state index contributed by atoms with van der Waals surface area (Å²) in [6.45, 7) is 2.88. The zero-order valence-corrected chi connectivity index (χ0v) is 10.1. The van der Waals surface area contributed by atoms with E-state index in [1.807, 2.05) is 17.7 Å². The minimum Gasteiger partial charge on any atom is -0.322 e. The molecule has 1 heterocycles. The molecule has 0 radical (unpaired) electrons. The van der Waals surface area contributed by atoms with E-state index in [-0.39, 0.29) is 24.9 Å². The lowest BCUT2D eigenvalue weighted by molar-refractivity contribution is -0.114. The van der Waals surface area contributed by atoms with Crippen LogP contribution in [0.1, 0.15) is 31.4 Å². The van der Waals surface area contributed by atoms with E-state index in [1.54, 1.807) is 0 Å². The number of rotatable bonds is 4. The molecule has 1 fully saturated rings. The van der Waals surface area contributed by atoms with E-state index in [2.05, 4.69) is 10.4 Å². The van der Waals surface area contributed by atoms with Gasteiger partial charge < -0.3 is 11.1 Å². The second kappa shape index (κ2) is 5.32. The molecule has 5 nitrogen and oxygen atoms in total. The molecule has 0 aliphatic heterocycles. The average molecular weight is 245 g/mol. The Morgan fingerprint density at radius 3 is 2.88 bits per heavy atom. The molecule has 1 aliphatic rings. The third-order valence-corrected chi connectivity index (χ3v) is 2.56. The van der Waals surface area contributed by atoms with Crippen LogP contribution in [0, 0.1) is 0 Å². The van der Waals surface area contributed by atoms with Crippen LogP contribution in [0.15, 0.2) is 6.07 Å². The molecule has 0 saturated heterocycles. The Balaban J connectivity index is 0.00000128. The first-order valence-corrected chi connectivity index (χ1v) is 5.32. The van der Waals surface area contributed by atoms with Crippen LogP contribution in [0.4, 0.5) is 5.82 Å². The predicted molar refractivity (Wildman–Crippen MR) is 64.8 cm³/mol. The van der Waals surface area contributed by atoms with Gasteiger partial charge >= 0.3 is 0 Å². The van der Waals surface area contributed by atoms with Crippen molar-refractivity contribution in [2.45, 2.75) is 32.2 Å². The van der Waals surface area contributed by atoms with Crippen molar-refractivity contribution in [1.29, 1.82) is 0 Å². The SMILES string of the molecule is CCn1nc(NC(=O)CN)cc1C1CC1.Cl. The number of amides is 1. The fourth-order valence-electron chi connectivity index (χ4n) is 1.65. The summed E-state index contributed by atoms with van der Waals surface area (Å²) in [5.41, 5.74) is 6.45. The highest BCUT2D eigenvalue weighted by molar-refractivity contribution is 5.91. The largest absolute Gasteiger partial charge is 0.322 e. The number of aromatic nitrogens is 2. The fraction of sp³-hybridized carbons (Fsp3) is 0.600. The van der Waals surface area contributed by atoms with Crippen molar-refractivity contribution in [3.63, 3.8) is 0 Å². The van der Waals surface area contributed by atoms with Crippen molar-refractivity contribution in [3.05, 3.63) is 11.8 Å². The van der Waals surface area contributed by atoms with E-state index in [4.69, 9.17) is 5.73 Å². The first-order valence-electron chi connectivity index (χ1n) is 5.32. The van der Waals surface area contributed by atoms with Gasteiger partial charge in [0.25, 0.3) is 0 Å². The number of nitrogens with two attached hydrogens (primary N) is 1. The van der Waals surface area contributed by atoms with Gasteiger partial charge in [-0.15, -0.1) is 12.4 Å². The minimum absolute atomic E-state index is 0. The van der Waals surface area contributed by atoms with Gasteiger partial charge in [-0.05, 0) is 19.8 Å².